The van der Waals surface area contributed by atoms with Gasteiger partial charge in [0.25, 0.3) is 0 Å². The van der Waals surface area contributed by atoms with Gasteiger partial charge in [-0.05, 0) is 45.8 Å². The molecule has 1 aromatic rings. The van der Waals surface area contributed by atoms with Crippen LogP contribution in [0.4, 0.5) is 0 Å². The minimum Gasteiger partial charge on any atom is -0.301 e. The van der Waals surface area contributed by atoms with Crippen molar-refractivity contribution in [2.45, 2.75) is 38.6 Å². The monoisotopic (exact) mass is 205 g/mol. The van der Waals surface area contributed by atoms with Crippen LogP contribution in [0, 0.1) is 0 Å². The van der Waals surface area contributed by atoms with Gasteiger partial charge in [0, 0.05) is 24.4 Å². The van der Waals surface area contributed by atoms with Crippen LogP contribution >= 0.6 is 0 Å². The fourth-order valence-electron chi connectivity index (χ4n) is 2.20. The fraction of sp³-hybridized carbons (Fsp3) is 0.667. The van der Waals surface area contributed by atoms with Crippen molar-refractivity contribution in [1.29, 1.82) is 0 Å². The minimum absolute atomic E-state index is 0.571. The summed E-state index contributed by atoms with van der Waals surface area (Å²) in [5.41, 5.74) is 0. The molecule has 0 aromatic carbocycles. The molecular weight excluding hydrogens is 186 g/mol. The first-order valence-electron chi connectivity index (χ1n) is 5.78. The highest BCUT2D eigenvalue weighted by Crippen LogP contribution is 2.25. The normalized spacial score (nSPS) is 19.7. The zero-order valence-electron chi connectivity index (χ0n) is 9.56. The molecule has 2 heterocycles. The lowest BCUT2D eigenvalue weighted by Gasteiger charge is -2.33. The average Bonchev–Trinajstić information content (AvgIpc) is 2.30. The topological polar surface area (TPSA) is 29.0 Å². The van der Waals surface area contributed by atoms with Crippen LogP contribution in [0.25, 0.3) is 0 Å². The maximum atomic E-state index is 4.34. The molecule has 1 aromatic heterocycles. The third-order valence-electron chi connectivity index (χ3n) is 3.21. The van der Waals surface area contributed by atoms with Crippen LogP contribution in [0.3, 0.4) is 0 Å². The number of nitrogens with zero attached hydrogens (tertiary/aromatic N) is 3. The number of piperidine rings is 1. The Morgan fingerprint density at radius 2 is 1.80 bits per heavy atom. The Bertz CT molecular complexity index is 289. The van der Waals surface area contributed by atoms with Crippen molar-refractivity contribution in [1.82, 2.24) is 14.9 Å². The van der Waals surface area contributed by atoms with Crippen molar-refractivity contribution in [2.24, 2.45) is 0 Å². The molecule has 0 spiro atoms. The van der Waals surface area contributed by atoms with E-state index in [1.165, 1.54) is 25.9 Å². The molecule has 0 aliphatic carbocycles. The first kappa shape index (κ1) is 10.6. The van der Waals surface area contributed by atoms with E-state index in [9.17, 15) is 0 Å². The van der Waals surface area contributed by atoms with Gasteiger partial charge in [0.15, 0.2) is 0 Å². The first-order chi connectivity index (χ1) is 7.27. The zero-order valence-corrected chi connectivity index (χ0v) is 9.56. The van der Waals surface area contributed by atoms with Gasteiger partial charge >= 0.3 is 0 Å². The van der Waals surface area contributed by atoms with Crippen molar-refractivity contribution in [3.8, 4) is 0 Å². The first-order valence-corrected chi connectivity index (χ1v) is 5.78. The quantitative estimate of drug-likeness (QED) is 0.740. The molecule has 1 saturated heterocycles. The molecule has 3 heteroatoms. The molecule has 82 valence electrons. The minimum atomic E-state index is 0.571. The smallest absolute Gasteiger partial charge is 0.131 e. The number of rotatable bonds is 2. The summed E-state index contributed by atoms with van der Waals surface area (Å²) in [4.78, 5) is 11.2. The van der Waals surface area contributed by atoms with E-state index in [1.54, 1.807) is 0 Å². The molecule has 0 radical (unpaired) electrons. The highest BCUT2D eigenvalue weighted by atomic mass is 15.1. The summed E-state index contributed by atoms with van der Waals surface area (Å²) >= 11 is 0. The molecule has 0 N–H and O–H groups in total. The van der Waals surface area contributed by atoms with Crippen molar-refractivity contribution < 1.29 is 0 Å². The second kappa shape index (κ2) is 4.71. The van der Waals surface area contributed by atoms with Gasteiger partial charge in [-0.15, -0.1) is 0 Å². The largest absolute Gasteiger partial charge is 0.301 e. The summed E-state index contributed by atoms with van der Waals surface area (Å²) in [6.45, 7) is 6.89. The molecule has 0 saturated carbocycles. The van der Waals surface area contributed by atoms with Crippen LogP contribution in [-0.2, 0) is 0 Å². The number of hydrogen-bond donors (Lipinski definition) is 0. The van der Waals surface area contributed by atoms with Crippen LogP contribution < -0.4 is 0 Å². The highest BCUT2D eigenvalue weighted by molar-refractivity contribution is 4.99. The lowest BCUT2D eigenvalue weighted by molar-refractivity contribution is 0.169. The summed E-state index contributed by atoms with van der Waals surface area (Å²) in [5.74, 6) is 1.60. The van der Waals surface area contributed by atoms with E-state index in [0.29, 0.717) is 12.0 Å². The molecule has 1 aliphatic rings. The average molecular weight is 205 g/mol. The van der Waals surface area contributed by atoms with Gasteiger partial charge in [-0.3, -0.25) is 0 Å². The molecule has 3 nitrogen and oxygen atoms in total. The Morgan fingerprint density at radius 1 is 1.20 bits per heavy atom. The highest BCUT2D eigenvalue weighted by Gasteiger charge is 2.23. The van der Waals surface area contributed by atoms with Gasteiger partial charge in [-0.25, -0.2) is 9.97 Å². The van der Waals surface area contributed by atoms with E-state index in [2.05, 4.69) is 28.7 Å². The number of hydrogen-bond acceptors (Lipinski definition) is 3. The Balaban J connectivity index is 1.94. The molecule has 1 aliphatic heterocycles. The van der Waals surface area contributed by atoms with Crippen molar-refractivity contribution in [2.75, 3.05) is 13.1 Å². The Hall–Kier alpha value is -0.960. The lowest BCUT2D eigenvalue weighted by atomic mass is 9.95. The molecule has 0 unspecified atom stereocenters. The standard InChI is InChI=1S/C12H19N3/c1-10(2)15-8-4-11(5-9-15)12-13-6-3-7-14-12/h3,6-7,10-11H,4-5,8-9H2,1-2H3. The Kier molecular flexibility index (Phi) is 3.31. The van der Waals surface area contributed by atoms with E-state index in [4.69, 9.17) is 0 Å². The maximum absolute atomic E-state index is 4.34. The van der Waals surface area contributed by atoms with E-state index in [-0.39, 0.29) is 0 Å². The van der Waals surface area contributed by atoms with E-state index < -0.39 is 0 Å². The molecule has 0 bridgehead atoms. The zero-order chi connectivity index (χ0) is 10.7. The Morgan fingerprint density at radius 3 is 2.33 bits per heavy atom. The third kappa shape index (κ3) is 2.53. The summed E-state index contributed by atoms with van der Waals surface area (Å²) in [6, 6.07) is 2.55. The van der Waals surface area contributed by atoms with Gasteiger partial charge in [0.05, 0.1) is 0 Å². The summed E-state index contributed by atoms with van der Waals surface area (Å²) in [7, 11) is 0. The third-order valence-corrected chi connectivity index (χ3v) is 3.21. The predicted molar refractivity (Wildman–Crippen MR) is 60.7 cm³/mol. The molecule has 0 atom stereocenters. The molecule has 2 rings (SSSR count). The fourth-order valence-corrected chi connectivity index (χ4v) is 2.20. The lowest BCUT2D eigenvalue weighted by Crippen LogP contribution is -2.38. The van der Waals surface area contributed by atoms with Crippen LogP contribution in [0.1, 0.15) is 38.4 Å². The number of likely N-dealkylation sites (tertiary alicyclic amines) is 1. The predicted octanol–water partition coefficient (Wildman–Crippen LogP) is 2.06. The summed E-state index contributed by atoms with van der Waals surface area (Å²) in [5, 5.41) is 0. The second-order valence-electron chi connectivity index (χ2n) is 4.51. The van der Waals surface area contributed by atoms with Crippen LogP contribution in [0.5, 0.6) is 0 Å². The van der Waals surface area contributed by atoms with Gasteiger partial charge in [0.2, 0.25) is 0 Å². The van der Waals surface area contributed by atoms with E-state index >= 15 is 0 Å². The van der Waals surface area contributed by atoms with Gasteiger partial charge < -0.3 is 4.90 Å². The Labute approximate surface area is 91.5 Å². The molecule has 0 amide bonds. The molecular formula is C12H19N3. The summed E-state index contributed by atoms with van der Waals surface area (Å²) in [6.07, 6.45) is 6.08. The van der Waals surface area contributed by atoms with E-state index in [0.717, 1.165) is 5.82 Å². The maximum Gasteiger partial charge on any atom is 0.131 e. The van der Waals surface area contributed by atoms with Crippen LogP contribution in [-0.4, -0.2) is 34.0 Å². The second-order valence-corrected chi connectivity index (χ2v) is 4.51. The van der Waals surface area contributed by atoms with E-state index in [1.807, 2.05) is 18.5 Å². The van der Waals surface area contributed by atoms with Gasteiger partial charge in [-0.1, -0.05) is 0 Å². The van der Waals surface area contributed by atoms with Gasteiger partial charge in [0.1, 0.15) is 5.82 Å². The molecule has 15 heavy (non-hydrogen) atoms. The molecule has 1 fully saturated rings. The van der Waals surface area contributed by atoms with Crippen molar-refractivity contribution >= 4 is 0 Å². The van der Waals surface area contributed by atoms with Crippen molar-refractivity contribution in [3.05, 3.63) is 24.3 Å². The SMILES string of the molecule is CC(C)N1CCC(c2ncccn2)CC1. The van der Waals surface area contributed by atoms with Crippen LogP contribution in [0.2, 0.25) is 0 Å². The van der Waals surface area contributed by atoms with Gasteiger partial charge in [-0.2, -0.15) is 0 Å². The summed E-state index contributed by atoms with van der Waals surface area (Å²) < 4.78 is 0. The number of aromatic nitrogens is 2. The van der Waals surface area contributed by atoms with Crippen LogP contribution in [0.15, 0.2) is 18.5 Å². The van der Waals surface area contributed by atoms with Crippen molar-refractivity contribution in [3.63, 3.8) is 0 Å².